The molecule has 0 radical (unpaired) electrons. The molecule has 1 aliphatic rings. The number of hydrogen-bond acceptors (Lipinski definition) is 7. The van der Waals surface area contributed by atoms with Gasteiger partial charge in [0.1, 0.15) is 5.69 Å². The molecule has 0 saturated carbocycles. The number of aromatic nitrogens is 1. The molecular weight excluding hydrogens is 645 g/mol. The maximum absolute atomic E-state index is 11.5. The molecule has 2 heterocycles. The first kappa shape index (κ1) is 33.5. The number of carbonyl (C=O) groups excluding carboxylic acids is 1. The second-order valence-corrected chi connectivity index (χ2v) is 13.3. The lowest BCUT2D eigenvalue weighted by Crippen LogP contribution is -2.31. The van der Waals surface area contributed by atoms with Crippen LogP contribution in [0.3, 0.4) is 0 Å². The van der Waals surface area contributed by atoms with Gasteiger partial charge in [-0.2, -0.15) is 0 Å². The zero-order chi connectivity index (χ0) is 34.3. The van der Waals surface area contributed by atoms with Crippen molar-refractivity contribution in [3.05, 3.63) is 156 Å². The van der Waals surface area contributed by atoms with Gasteiger partial charge in [-0.1, -0.05) is 133 Å². The van der Waals surface area contributed by atoms with Crippen molar-refractivity contribution >= 4 is 17.7 Å². The summed E-state index contributed by atoms with van der Waals surface area (Å²) in [6, 6.07) is 44.5. The number of nitrogens with zero attached hydrogens (tertiary/aromatic N) is 1. The number of ether oxygens (including phenoxy) is 2. The van der Waals surface area contributed by atoms with Crippen LogP contribution in [0, 0.1) is 0 Å². The number of carbonyl (C=O) groups is 1. The van der Waals surface area contributed by atoms with Gasteiger partial charge >= 0.3 is 0 Å². The molecule has 3 atom stereocenters. The second-order valence-electron chi connectivity index (χ2n) is 12.3. The summed E-state index contributed by atoms with van der Waals surface area (Å²) in [7, 11) is 0. The monoisotopic (exact) mass is 682 g/mol. The van der Waals surface area contributed by atoms with Gasteiger partial charge in [-0.3, -0.25) is 4.79 Å². The van der Waals surface area contributed by atoms with Crippen LogP contribution in [0.25, 0.3) is 33.7 Å². The average molecular weight is 683 g/mol. The van der Waals surface area contributed by atoms with Gasteiger partial charge in [0.2, 0.25) is 5.91 Å². The zero-order valence-electron chi connectivity index (χ0n) is 27.7. The Morgan fingerprint density at radius 3 is 2.16 bits per heavy atom. The summed E-state index contributed by atoms with van der Waals surface area (Å²) in [5.41, 5.74) is 8.67. The molecule has 5 aromatic carbocycles. The molecule has 1 amide bonds. The van der Waals surface area contributed by atoms with Crippen LogP contribution in [-0.4, -0.2) is 27.9 Å². The SMILES string of the molecule is CC(=O)NCc1cccc(-c2cccc([C@@H]3O[C@H](CSc4nc(-c5ccccc5)c(-c5ccccc5)o4)C[C@H](c4ccc(CO)cc4)O3)c2)c1. The minimum Gasteiger partial charge on any atom is -0.431 e. The maximum Gasteiger partial charge on any atom is 0.256 e. The van der Waals surface area contributed by atoms with Crippen molar-refractivity contribution in [1.29, 1.82) is 0 Å². The molecule has 7 rings (SSSR count). The van der Waals surface area contributed by atoms with Gasteiger partial charge in [0.05, 0.1) is 18.8 Å². The summed E-state index contributed by atoms with van der Waals surface area (Å²) < 4.78 is 19.7. The van der Waals surface area contributed by atoms with Crippen LogP contribution in [0.4, 0.5) is 0 Å². The van der Waals surface area contributed by atoms with Crippen molar-refractivity contribution in [2.45, 2.75) is 50.2 Å². The van der Waals surface area contributed by atoms with E-state index in [1.165, 1.54) is 18.7 Å². The van der Waals surface area contributed by atoms with E-state index in [4.69, 9.17) is 18.9 Å². The van der Waals surface area contributed by atoms with Crippen LogP contribution in [0.5, 0.6) is 0 Å². The van der Waals surface area contributed by atoms with E-state index in [9.17, 15) is 9.90 Å². The van der Waals surface area contributed by atoms with Gasteiger partial charge in [0.15, 0.2) is 12.1 Å². The molecule has 1 fully saturated rings. The van der Waals surface area contributed by atoms with Crippen molar-refractivity contribution < 1.29 is 23.8 Å². The molecule has 50 heavy (non-hydrogen) atoms. The topological polar surface area (TPSA) is 93.8 Å². The highest BCUT2D eigenvalue weighted by atomic mass is 32.2. The van der Waals surface area contributed by atoms with E-state index in [0.29, 0.717) is 23.9 Å². The summed E-state index contributed by atoms with van der Waals surface area (Å²) in [6.45, 7) is 1.98. The standard InChI is InChI=1S/C42H38N2O5S/c1-28(46)43-25-30-10-8-15-34(22-30)35-16-9-17-36(23-35)41-47-37(24-38(48-41)31-20-18-29(26-45)19-21-31)27-50-42-44-39(32-11-4-2-5-12-32)40(49-42)33-13-6-3-7-14-33/h2-23,37-38,41,45H,24-27H2,1H3,(H,43,46)/t37-,38+,41+/m0/s1. The Morgan fingerprint density at radius 2 is 1.44 bits per heavy atom. The predicted molar refractivity (Wildman–Crippen MR) is 196 cm³/mol. The molecular formula is C42H38N2O5S. The van der Waals surface area contributed by atoms with E-state index in [1.807, 2.05) is 109 Å². The predicted octanol–water partition coefficient (Wildman–Crippen LogP) is 9.14. The number of thioether (sulfide) groups is 1. The van der Waals surface area contributed by atoms with E-state index in [-0.39, 0.29) is 24.7 Å². The lowest BCUT2D eigenvalue weighted by atomic mass is 9.99. The first-order valence-electron chi connectivity index (χ1n) is 16.7. The van der Waals surface area contributed by atoms with Crippen molar-refractivity contribution in [3.8, 4) is 33.7 Å². The molecule has 7 nitrogen and oxygen atoms in total. The number of amides is 1. The quantitative estimate of drug-likeness (QED) is 0.132. The van der Waals surface area contributed by atoms with E-state index >= 15 is 0 Å². The highest BCUT2D eigenvalue weighted by molar-refractivity contribution is 7.99. The Balaban J connectivity index is 1.15. The van der Waals surface area contributed by atoms with Crippen LogP contribution in [0.2, 0.25) is 0 Å². The summed E-state index contributed by atoms with van der Waals surface area (Å²) >= 11 is 1.54. The molecule has 8 heteroatoms. The van der Waals surface area contributed by atoms with Crippen LogP contribution >= 0.6 is 11.8 Å². The molecule has 0 bridgehead atoms. The van der Waals surface area contributed by atoms with Gasteiger partial charge < -0.3 is 24.3 Å². The Bertz CT molecular complexity index is 1970. The first-order chi connectivity index (χ1) is 24.5. The number of aliphatic hydroxyl groups is 1. The third-order valence-corrected chi connectivity index (χ3v) is 9.62. The Labute approximate surface area is 296 Å². The summed E-state index contributed by atoms with van der Waals surface area (Å²) in [6.07, 6.45) is -0.354. The first-order valence-corrected chi connectivity index (χ1v) is 17.7. The maximum atomic E-state index is 11.5. The van der Waals surface area contributed by atoms with Crippen molar-refractivity contribution in [2.75, 3.05) is 5.75 Å². The van der Waals surface area contributed by atoms with Crippen molar-refractivity contribution in [2.24, 2.45) is 0 Å². The summed E-state index contributed by atoms with van der Waals surface area (Å²) in [4.78, 5) is 16.4. The second kappa shape index (κ2) is 15.7. The highest BCUT2D eigenvalue weighted by Gasteiger charge is 2.33. The van der Waals surface area contributed by atoms with E-state index in [0.717, 1.165) is 56.0 Å². The van der Waals surface area contributed by atoms with Gasteiger partial charge in [0, 0.05) is 42.3 Å². The number of hydrogen-bond donors (Lipinski definition) is 2. The third-order valence-electron chi connectivity index (χ3n) is 8.66. The normalized spacial score (nSPS) is 17.4. The lowest BCUT2D eigenvalue weighted by molar-refractivity contribution is -0.245. The van der Waals surface area contributed by atoms with Gasteiger partial charge in [-0.15, -0.1) is 0 Å². The third kappa shape index (κ3) is 8.07. The number of oxazole rings is 1. The van der Waals surface area contributed by atoms with Crippen LogP contribution < -0.4 is 5.32 Å². The number of aliphatic hydroxyl groups excluding tert-OH is 1. The van der Waals surface area contributed by atoms with Gasteiger partial charge in [-0.25, -0.2) is 4.98 Å². The van der Waals surface area contributed by atoms with Crippen molar-refractivity contribution in [3.63, 3.8) is 0 Å². The molecule has 0 spiro atoms. The fourth-order valence-electron chi connectivity index (χ4n) is 6.08. The Morgan fingerprint density at radius 1 is 0.760 bits per heavy atom. The summed E-state index contributed by atoms with van der Waals surface area (Å²) in [5, 5.41) is 13.1. The number of benzene rings is 5. The fraction of sp³-hybridized carbons (Fsp3) is 0.190. The fourth-order valence-corrected chi connectivity index (χ4v) is 6.92. The smallest absolute Gasteiger partial charge is 0.256 e. The molecule has 1 saturated heterocycles. The van der Waals surface area contributed by atoms with Gasteiger partial charge in [-0.05, 0) is 39.9 Å². The van der Waals surface area contributed by atoms with Gasteiger partial charge in [0.25, 0.3) is 5.22 Å². The number of rotatable bonds is 11. The van der Waals surface area contributed by atoms with Crippen LogP contribution in [-0.2, 0) is 27.4 Å². The molecule has 1 aliphatic heterocycles. The van der Waals surface area contributed by atoms with E-state index < -0.39 is 6.29 Å². The highest BCUT2D eigenvalue weighted by Crippen LogP contribution is 2.41. The largest absolute Gasteiger partial charge is 0.431 e. The average Bonchev–Trinajstić information content (AvgIpc) is 3.61. The van der Waals surface area contributed by atoms with Crippen molar-refractivity contribution in [1.82, 2.24) is 10.3 Å². The minimum absolute atomic E-state index is 0.0122. The van der Waals surface area contributed by atoms with E-state index in [2.05, 4.69) is 29.6 Å². The molecule has 0 unspecified atom stereocenters. The van der Waals surface area contributed by atoms with Crippen LogP contribution in [0.15, 0.2) is 143 Å². The van der Waals surface area contributed by atoms with E-state index in [1.54, 1.807) is 0 Å². The molecule has 6 aromatic rings. The lowest BCUT2D eigenvalue weighted by Gasteiger charge is -2.36. The van der Waals surface area contributed by atoms with Crippen LogP contribution in [0.1, 0.15) is 48.0 Å². The Hall–Kier alpha value is -4.99. The molecule has 0 aliphatic carbocycles. The Kier molecular flexibility index (Phi) is 10.5. The molecule has 1 aromatic heterocycles. The number of nitrogens with one attached hydrogen (secondary N) is 1. The zero-order valence-corrected chi connectivity index (χ0v) is 28.5. The minimum atomic E-state index is -0.608. The molecule has 252 valence electrons. The summed E-state index contributed by atoms with van der Waals surface area (Å²) in [5.74, 6) is 1.29. The molecule has 2 N–H and O–H groups in total.